The Labute approximate surface area is 142 Å². The van der Waals surface area contributed by atoms with E-state index in [1.165, 1.54) is 36.0 Å². The molecule has 0 fully saturated rings. The van der Waals surface area contributed by atoms with Gasteiger partial charge in [-0.3, -0.25) is 9.59 Å². The number of ether oxygens (including phenoxy) is 1. The predicted molar refractivity (Wildman–Crippen MR) is 89.9 cm³/mol. The van der Waals surface area contributed by atoms with Crippen LogP contribution in [0.5, 0.6) is 0 Å². The molecule has 0 unspecified atom stereocenters. The van der Waals surface area contributed by atoms with Crippen LogP contribution in [0.4, 0.5) is 5.69 Å². The average Bonchev–Trinajstić information content (AvgIpc) is 2.60. The normalized spacial score (nSPS) is 10.0. The van der Waals surface area contributed by atoms with Crippen molar-refractivity contribution < 1.29 is 19.1 Å². The molecular formula is C16H15N3O4S. The molecule has 24 heavy (non-hydrogen) atoms. The van der Waals surface area contributed by atoms with Crippen LogP contribution in [0.25, 0.3) is 0 Å². The molecule has 0 bridgehead atoms. The van der Waals surface area contributed by atoms with Crippen LogP contribution >= 0.6 is 11.8 Å². The van der Waals surface area contributed by atoms with Crippen molar-refractivity contribution in [3.63, 3.8) is 0 Å². The molecule has 0 aliphatic carbocycles. The van der Waals surface area contributed by atoms with Gasteiger partial charge in [0, 0.05) is 17.4 Å². The summed E-state index contributed by atoms with van der Waals surface area (Å²) in [5.74, 6) is -1.67. The number of hydrogen-bond donors (Lipinski definition) is 2. The second kappa shape index (κ2) is 8.11. The summed E-state index contributed by atoms with van der Waals surface area (Å²) >= 11 is 1.31. The van der Waals surface area contributed by atoms with Gasteiger partial charge in [0.15, 0.2) is 6.61 Å². The predicted octanol–water partition coefficient (Wildman–Crippen LogP) is 1.70. The minimum absolute atomic E-state index is 0.309. The van der Waals surface area contributed by atoms with E-state index in [1.54, 1.807) is 24.6 Å². The number of benzene rings is 1. The molecule has 0 radical (unpaired) electrons. The first-order valence-corrected chi connectivity index (χ1v) is 8.09. The number of primary amides is 1. The van der Waals surface area contributed by atoms with Gasteiger partial charge < -0.3 is 15.8 Å². The Morgan fingerprint density at radius 1 is 1.21 bits per heavy atom. The molecular weight excluding hydrogens is 330 g/mol. The van der Waals surface area contributed by atoms with Crippen LogP contribution in [0.1, 0.15) is 20.7 Å². The Balaban J connectivity index is 1.91. The van der Waals surface area contributed by atoms with Crippen LogP contribution in [0, 0.1) is 0 Å². The summed E-state index contributed by atoms with van der Waals surface area (Å²) in [4.78, 5) is 38.8. The number of anilines is 1. The minimum Gasteiger partial charge on any atom is -0.452 e. The van der Waals surface area contributed by atoms with Crippen LogP contribution in [0.3, 0.4) is 0 Å². The van der Waals surface area contributed by atoms with Crippen LogP contribution in [-0.2, 0) is 9.53 Å². The van der Waals surface area contributed by atoms with Gasteiger partial charge in [-0.15, -0.1) is 11.8 Å². The Morgan fingerprint density at radius 2 is 1.92 bits per heavy atom. The summed E-state index contributed by atoms with van der Waals surface area (Å²) in [6.45, 7) is -0.431. The zero-order valence-electron chi connectivity index (χ0n) is 12.8. The minimum atomic E-state index is -0.619. The molecule has 0 aliphatic heterocycles. The van der Waals surface area contributed by atoms with Crippen molar-refractivity contribution in [3.05, 3.63) is 53.7 Å². The van der Waals surface area contributed by atoms with Crippen LogP contribution < -0.4 is 11.1 Å². The van der Waals surface area contributed by atoms with Crippen molar-refractivity contribution >= 4 is 35.2 Å². The van der Waals surface area contributed by atoms with E-state index in [0.29, 0.717) is 21.8 Å². The second-order valence-corrected chi connectivity index (χ2v) is 5.42. The molecule has 3 N–H and O–H groups in total. The van der Waals surface area contributed by atoms with E-state index in [1.807, 2.05) is 0 Å². The van der Waals surface area contributed by atoms with E-state index < -0.39 is 24.4 Å². The Hall–Kier alpha value is -2.87. The van der Waals surface area contributed by atoms with Gasteiger partial charge in [0.25, 0.3) is 5.91 Å². The molecule has 0 saturated carbocycles. The van der Waals surface area contributed by atoms with E-state index in [9.17, 15) is 14.4 Å². The van der Waals surface area contributed by atoms with Crippen LogP contribution in [0.2, 0.25) is 0 Å². The van der Waals surface area contributed by atoms with Crippen LogP contribution in [-0.4, -0.2) is 35.6 Å². The van der Waals surface area contributed by atoms with Crippen molar-refractivity contribution in [3.8, 4) is 0 Å². The summed E-state index contributed by atoms with van der Waals surface area (Å²) < 4.78 is 4.99. The molecule has 124 valence electrons. The number of aromatic nitrogens is 1. The second-order valence-electron chi connectivity index (χ2n) is 4.63. The van der Waals surface area contributed by atoms with Crippen molar-refractivity contribution in [2.24, 2.45) is 5.73 Å². The number of nitrogens with two attached hydrogens (primary N) is 1. The topological polar surface area (TPSA) is 111 Å². The maximum atomic E-state index is 12.0. The third kappa shape index (κ3) is 4.56. The molecule has 1 aromatic carbocycles. The molecule has 0 spiro atoms. The zero-order chi connectivity index (χ0) is 17.5. The smallest absolute Gasteiger partial charge is 0.341 e. The van der Waals surface area contributed by atoms with Gasteiger partial charge in [-0.05, 0) is 42.7 Å². The lowest BCUT2D eigenvalue weighted by Gasteiger charge is -2.08. The first-order valence-electron chi connectivity index (χ1n) is 6.87. The largest absolute Gasteiger partial charge is 0.452 e. The quantitative estimate of drug-likeness (QED) is 0.609. The van der Waals surface area contributed by atoms with E-state index in [2.05, 4.69) is 10.3 Å². The molecule has 2 aromatic rings. The maximum Gasteiger partial charge on any atom is 0.341 e. The molecule has 7 nitrogen and oxygen atoms in total. The van der Waals surface area contributed by atoms with E-state index in [4.69, 9.17) is 10.5 Å². The first kappa shape index (κ1) is 17.5. The number of carbonyl (C=O) groups is 3. The van der Waals surface area contributed by atoms with Gasteiger partial charge in [0.05, 0.1) is 5.56 Å². The van der Waals surface area contributed by atoms with Gasteiger partial charge in [-0.25, -0.2) is 9.78 Å². The monoisotopic (exact) mass is 345 g/mol. The summed E-state index contributed by atoms with van der Waals surface area (Å²) in [5, 5.41) is 3.09. The molecule has 0 atom stereocenters. The third-order valence-corrected chi connectivity index (χ3v) is 3.68. The van der Waals surface area contributed by atoms with Gasteiger partial charge in [0.1, 0.15) is 5.03 Å². The summed E-state index contributed by atoms with van der Waals surface area (Å²) in [6.07, 6.45) is 3.37. The van der Waals surface area contributed by atoms with Crippen LogP contribution in [0.15, 0.2) is 47.6 Å². The lowest BCUT2D eigenvalue weighted by Crippen LogP contribution is -2.21. The fraction of sp³-hybridized carbons (Fsp3) is 0.125. The number of amides is 2. The fourth-order valence-corrected chi connectivity index (χ4v) is 2.37. The highest BCUT2D eigenvalue weighted by Crippen LogP contribution is 2.17. The standard InChI is InChI=1S/C16H15N3O4S/c1-24-15-12(3-2-8-18-15)16(22)23-9-13(20)19-11-6-4-10(5-7-11)14(17)21/h2-8H,9H2,1H3,(H2,17,21)(H,19,20). The summed E-state index contributed by atoms with van der Waals surface area (Å²) in [6, 6.07) is 9.26. The molecule has 2 rings (SSSR count). The van der Waals surface area contributed by atoms with Gasteiger partial charge in [-0.1, -0.05) is 0 Å². The number of nitrogens with one attached hydrogen (secondary N) is 1. The molecule has 1 heterocycles. The SMILES string of the molecule is CSc1ncccc1C(=O)OCC(=O)Nc1ccc(C(N)=O)cc1. The highest BCUT2D eigenvalue weighted by Gasteiger charge is 2.14. The summed E-state index contributed by atoms with van der Waals surface area (Å²) in [5.41, 5.74) is 6.24. The molecule has 1 aromatic heterocycles. The Bertz CT molecular complexity index is 762. The summed E-state index contributed by atoms with van der Waals surface area (Å²) in [7, 11) is 0. The van der Waals surface area contributed by atoms with E-state index in [-0.39, 0.29) is 0 Å². The number of pyridine rings is 1. The maximum absolute atomic E-state index is 12.0. The van der Waals surface area contributed by atoms with Crippen molar-refractivity contribution in [2.75, 3.05) is 18.2 Å². The van der Waals surface area contributed by atoms with Crippen molar-refractivity contribution in [1.82, 2.24) is 4.98 Å². The fourth-order valence-electron chi connectivity index (χ4n) is 1.83. The molecule has 2 amide bonds. The first-order chi connectivity index (χ1) is 11.5. The average molecular weight is 345 g/mol. The Morgan fingerprint density at radius 3 is 2.54 bits per heavy atom. The number of nitrogens with zero attached hydrogens (tertiary/aromatic N) is 1. The lowest BCUT2D eigenvalue weighted by molar-refractivity contribution is -0.119. The Kier molecular flexibility index (Phi) is 5.91. The number of rotatable bonds is 6. The highest BCUT2D eigenvalue weighted by molar-refractivity contribution is 7.98. The third-order valence-electron chi connectivity index (χ3n) is 2.97. The van der Waals surface area contributed by atoms with Crippen molar-refractivity contribution in [1.29, 1.82) is 0 Å². The highest BCUT2D eigenvalue weighted by atomic mass is 32.2. The van der Waals surface area contributed by atoms with E-state index >= 15 is 0 Å². The molecule has 0 aliphatic rings. The number of hydrogen-bond acceptors (Lipinski definition) is 6. The number of esters is 1. The number of thioether (sulfide) groups is 1. The van der Waals surface area contributed by atoms with Gasteiger partial charge in [0.2, 0.25) is 5.91 Å². The molecule has 8 heteroatoms. The van der Waals surface area contributed by atoms with Crippen molar-refractivity contribution in [2.45, 2.75) is 5.03 Å². The van der Waals surface area contributed by atoms with Gasteiger partial charge >= 0.3 is 5.97 Å². The lowest BCUT2D eigenvalue weighted by atomic mass is 10.2. The zero-order valence-corrected chi connectivity index (χ0v) is 13.6. The van der Waals surface area contributed by atoms with E-state index in [0.717, 1.165) is 0 Å². The number of carbonyl (C=O) groups excluding carboxylic acids is 3. The molecule has 0 saturated heterocycles. The van der Waals surface area contributed by atoms with Gasteiger partial charge in [-0.2, -0.15) is 0 Å².